The van der Waals surface area contributed by atoms with E-state index in [-0.39, 0.29) is 27.7 Å². The number of sulfone groups is 1. The summed E-state index contributed by atoms with van der Waals surface area (Å²) in [6.45, 7) is 3.44. The quantitative estimate of drug-likeness (QED) is 0.525. The summed E-state index contributed by atoms with van der Waals surface area (Å²) < 4.78 is 70.7. The molecular formula is C19H22F3N5O2S2. The summed E-state index contributed by atoms with van der Waals surface area (Å²) in [5.74, 6) is 4.72. The summed E-state index contributed by atoms with van der Waals surface area (Å²) in [6.07, 6.45) is -0.238. The lowest BCUT2D eigenvalue weighted by Gasteiger charge is -2.11. The van der Waals surface area contributed by atoms with E-state index in [1.54, 1.807) is 7.05 Å². The molecule has 0 saturated carbocycles. The van der Waals surface area contributed by atoms with Crippen molar-refractivity contribution in [2.24, 2.45) is 11.4 Å². The van der Waals surface area contributed by atoms with Crippen LogP contribution in [0.1, 0.15) is 19.5 Å². The molecular weight excluding hydrogens is 451 g/mol. The number of fused-ring (bicyclic) bond motifs is 1. The van der Waals surface area contributed by atoms with Gasteiger partial charge >= 0.3 is 6.18 Å². The molecule has 0 bridgehead atoms. The number of hydrogen-bond donors (Lipinski definition) is 0. The van der Waals surface area contributed by atoms with Crippen LogP contribution in [0.2, 0.25) is 0 Å². The Morgan fingerprint density at radius 1 is 1.13 bits per heavy atom. The summed E-state index contributed by atoms with van der Waals surface area (Å²) >= 11 is 0. The summed E-state index contributed by atoms with van der Waals surface area (Å²) in [5, 5.41) is 0. The maximum absolute atomic E-state index is 13.0. The number of imidazole rings is 1. The molecule has 0 aromatic carbocycles. The number of alkyl halides is 3. The van der Waals surface area contributed by atoms with Crippen LogP contribution in [0.3, 0.4) is 0 Å². The Balaban J connectivity index is 2.29. The van der Waals surface area contributed by atoms with Gasteiger partial charge < -0.3 is 4.57 Å². The minimum absolute atomic E-state index is 0.0380. The number of aryl methyl sites for hydroxylation is 1. The maximum atomic E-state index is 13.0. The molecule has 0 radical (unpaired) electrons. The second-order valence-corrected chi connectivity index (χ2v) is 12.5. The van der Waals surface area contributed by atoms with Crippen LogP contribution in [0, 0.1) is 0 Å². The molecule has 1 unspecified atom stereocenters. The number of halogens is 3. The third-order valence-electron chi connectivity index (χ3n) is 4.77. The van der Waals surface area contributed by atoms with Gasteiger partial charge in [-0.3, -0.25) is 0 Å². The second-order valence-electron chi connectivity index (χ2n) is 7.10. The molecule has 0 aliphatic rings. The molecule has 3 rings (SSSR count). The van der Waals surface area contributed by atoms with Gasteiger partial charge in [-0.15, -0.1) is 9.41 Å². The number of rotatable bonds is 5. The number of nitrogens with zero attached hydrogens (tertiary/aromatic N) is 5. The topological polar surface area (TPSA) is 90.1 Å². The molecule has 0 saturated heterocycles. The molecule has 7 nitrogen and oxygen atoms in total. The molecule has 168 valence electrons. The van der Waals surface area contributed by atoms with Crippen LogP contribution < -0.4 is 0 Å². The average molecular weight is 474 g/mol. The predicted molar refractivity (Wildman–Crippen MR) is 118 cm³/mol. The van der Waals surface area contributed by atoms with Gasteiger partial charge in [0.15, 0.2) is 15.7 Å². The molecule has 0 amide bonds. The van der Waals surface area contributed by atoms with Crippen LogP contribution in [0.15, 0.2) is 33.8 Å². The van der Waals surface area contributed by atoms with Crippen molar-refractivity contribution in [2.75, 3.05) is 17.8 Å². The van der Waals surface area contributed by atoms with Crippen molar-refractivity contribution in [1.29, 1.82) is 0 Å². The minimum Gasteiger partial charge on any atom is -0.324 e. The van der Waals surface area contributed by atoms with E-state index in [2.05, 4.69) is 25.2 Å². The van der Waals surface area contributed by atoms with Crippen LogP contribution in [0.5, 0.6) is 0 Å². The van der Waals surface area contributed by atoms with Gasteiger partial charge in [0.1, 0.15) is 11.4 Å². The first-order valence-electron chi connectivity index (χ1n) is 9.24. The van der Waals surface area contributed by atoms with Crippen molar-refractivity contribution in [3.63, 3.8) is 0 Å². The molecule has 0 N–H and O–H groups in total. The molecule has 0 fully saturated rings. The van der Waals surface area contributed by atoms with Crippen LogP contribution in [0.25, 0.3) is 22.6 Å². The van der Waals surface area contributed by atoms with E-state index in [9.17, 15) is 21.6 Å². The van der Waals surface area contributed by atoms with E-state index in [1.165, 1.54) is 23.8 Å². The third-order valence-corrected chi connectivity index (χ3v) is 8.41. The van der Waals surface area contributed by atoms with Crippen molar-refractivity contribution in [1.82, 2.24) is 19.5 Å². The van der Waals surface area contributed by atoms with E-state index >= 15 is 0 Å². The highest BCUT2D eigenvalue weighted by atomic mass is 32.2. The van der Waals surface area contributed by atoms with Gasteiger partial charge in [-0.2, -0.15) is 13.2 Å². The van der Waals surface area contributed by atoms with Crippen molar-refractivity contribution >= 4 is 41.8 Å². The van der Waals surface area contributed by atoms with E-state index in [4.69, 9.17) is 0 Å². The lowest BCUT2D eigenvalue weighted by Crippen LogP contribution is -2.09. The fraction of sp³-hybridized carbons (Fsp3) is 0.368. The first-order valence-corrected chi connectivity index (χ1v) is 13.2. The van der Waals surface area contributed by atoms with Gasteiger partial charge in [-0.1, -0.05) is 19.7 Å². The highest BCUT2D eigenvalue weighted by Crippen LogP contribution is 2.33. The van der Waals surface area contributed by atoms with Crippen LogP contribution in [-0.2, 0) is 32.5 Å². The first kappa shape index (κ1) is 23.2. The second kappa shape index (κ2) is 7.90. The largest absolute Gasteiger partial charge is 0.433 e. The summed E-state index contributed by atoms with van der Waals surface area (Å²) in [5.41, 5.74) is -0.296. The molecule has 0 aliphatic heterocycles. The van der Waals surface area contributed by atoms with Crippen molar-refractivity contribution < 1.29 is 21.6 Å². The van der Waals surface area contributed by atoms with Crippen LogP contribution in [-0.4, -0.2) is 51.6 Å². The van der Waals surface area contributed by atoms with Gasteiger partial charge in [0.2, 0.25) is 0 Å². The van der Waals surface area contributed by atoms with Gasteiger partial charge in [-0.25, -0.2) is 27.7 Å². The predicted octanol–water partition coefficient (Wildman–Crippen LogP) is 3.89. The third kappa shape index (κ3) is 4.59. The van der Waals surface area contributed by atoms with Gasteiger partial charge in [0.25, 0.3) is 0 Å². The monoisotopic (exact) mass is 473 g/mol. The average Bonchev–Trinajstić information content (AvgIpc) is 3.03. The molecule has 3 aromatic rings. The van der Waals surface area contributed by atoms with Gasteiger partial charge in [0.05, 0.1) is 39.8 Å². The van der Waals surface area contributed by atoms with Crippen molar-refractivity contribution in [3.05, 3.63) is 30.2 Å². The first-order chi connectivity index (χ1) is 14.3. The standard InChI is InChI=1S/C19H22F3N5O2S2/c1-6-30(4,5)26-12-8-15(31(28,29)7-2)17(24-10-12)18-25-13-9-16(19(20,21)22)23-11-14(13)27(18)3/h8-11H,4,6-7H2,1-3,5H3. The smallest absolute Gasteiger partial charge is 0.324 e. The number of hydrogen-bond acceptors (Lipinski definition) is 6. The minimum atomic E-state index is -4.62. The Hall–Kier alpha value is -2.47. The van der Waals surface area contributed by atoms with Crippen LogP contribution >= 0.6 is 0 Å². The Morgan fingerprint density at radius 2 is 1.81 bits per heavy atom. The lowest BCUT2D eigenvalue weighted by molar-refractivity contribution is -0.141. The molecule has 3 heterocycles. The highest BCUT2D eigenvalue weighted by molar-refractivity contribution is 8.01. The fourth-order valence-electron chi connectivity index (χ4n) is 2.82. The molecule has 31 heavy (non-hydrogen) atoms. The van der Waals surface area contributed by atoms with E-state index in [0.717, 1.165) is 12.3 Å². The Labute approximate surface area is 178 Å². The molecule has 1 atom stereocenters. The number of pyridine rings is 2. The Morgan fingerprint density at radius 3 is 2.39 bits per heavy atom. The van der Waals surface area contributed by atoms with Crippen LogP contribution in [0.4, 0.5) is 18.9 Å². The lowest BCUT2D eigenvalue weighted by atomic mass is 10.3. The zero-order valence-corrected chi connectivity index (χ0v) is 19.1. The zero-order chi connectivity index (χ0) is 23.2. The number of aromatic nitrogens is 4. The zero-order valence-electron chi connectivity index (χ0n) is 17.4. The Kier molecular flexibility index (Phi) is 5.91. The van der Waals surface area contributed by atoms with E-state index in [1.807, 2.05) is 13.2 Å². The summed E-state index contributed by atoms with van der Waals surface area (Å²) in [7, 11) is -3.73. The van der Waals surface area contributed by atoms with Gasteiger partial charge in [-0.05, 0) is 24.1 Å². The molecule has 0 aliphatic carbocycles. The Bertz CT molecular complexity index is 1390. The van der Waals surface area contributed by atoms with Crippen molar-refractivity contribution in [2.45, 2.75) is 24.9 Å². The van der Waals surface area contributed by atoms with Crippen molar-refractivity contribution in [3.8, 4) is 11.5 Å². The maximum Gasteiger partial charge on any atom is 0.433 e. The molecule has 3 aromatic heterocycles. The summed E-state index contributed by atoms with van der Waals surface area (Å²) in [6, 6.07) is 2.25. The van der Waals surface area contributed by atoms with E-state index < -0.39 is 31.1 Å². The highest BCUT2D eigenvalue weighted by Gasteiger charge is 2.33. The van der Waals surface area contributed by atoms with Gasteiger partial charge in [0, 0.05) is 7.05 Å². The normalized spacial score (nSPS) is 14.5. The molecule has 0 spiro atoms. The fourth-order valence-corrected chi connectivity index (χ4v) is 4.61. The summed E-state index contributed by atoms with van der Waals surface area (Å²) in [4.78, 5) is 11.9. The molecule has 12 heteroatoms. The SMILES string of the molecule is C=S(C)(CC)=Nc1cnc(-c2nc3cc(C(F)(F)F)ncc3n2C)c(S(=O)(=O)CC)c1. The van der Waals surface area contributed by atoms with E-state index in [0.29, 0.717) is 17.0 Å².